The second-order valence-corrected chi connectivity index (χ2v) is 4.85. The van der Waals surface area contributed by atoms with Gasteiger partial charge in [0.1, 0.15) is 0 Å². The molecule has 3 aliphatic heterocycles. The molecule has 0 aromatic rings. The summed E-state index contributed by atoms with van der Waals surface area (Å²) in [6.45, 7) is 4.00. The first kappa shape index (κ1) is 15.8. The number of nitrogens with one attached hydrogen (secondary N) is 1. The van der Waals surface area contributed by atoms with Crippen LogP contribution in [0.3, 0.4) is 0 Å². The van der Waals surface area contributed by atoms with Gasteiger partial charge in [-0.1, -0.05) is 0 Å². The second-order valence-electron chi connectivity index (χ2n) is 4.11. The van der Waals surface area contributed by atoms with E-state index in [0.29, 0.717) is 11.3 Å². The third-order valence-corrected chi connectivity index (χ3v) is 3.39. The van der Waals surface area contributed by atoms with Crippen LogP contribution >= 0.6 is 37.4 Å². The molecule has 3 aliphatic rings. The van der Waals surface area contributed by atoms with E-state index in [1.807, 2.05) is 0 Å². The zero-order valence-electron chi connectivity index (χ0n) is 8.63. The fraction of sp³-hybridized carbons (Fsp3) is 1.00. The van der Waals surface area contributed by atoms with Crippen LogP contribution in [-0.2, 0) is 0 Å². The molecule has 0 amide bonds. The van der Waals surface area contributed by atoms with Crippen molar-refractivity contribution in [3.05, 3.63) is 0 Å². The lowest BCUT2D eigenvalue weighted by atomic mass is 10.2. The minimum Gasteiger partial charge on any atom is -0.395 e. The van der Waals surface area contributed by atoms with Gasteiger partial charge in [0.15, 0.2) is 0 Å². The average Bonchev–Trinajstić information content (AvgIpc) is 2.52. The predicted octanol–water partition coefficient (Wildman–Crippen LogP) is 0.557. The molecule has 92 valence electrons. The molecule has 3 saturated heterocycles. The number of hydrogen-bond donors (Lipinski definition) is 3. The molecule has 3 heterocycles. The second kappa shape index (κ2) is 7.20. The maximum atomic E-state index is 8.59. The van der Waals surface area contributed by atoms with Gasteiger partial charge in [-0.2, -0.15) is 12.6 Å². The number of aliphatic hydroxyl groups excluding tert-OH is 1. The summed E-state index contributed by atoms with van der Waals surface area (Å²) in [6.07, 6.45) is 2.49. The van der Waals surface area contributed by atoms with E-state index in [1.165, 1.54) is 19.5 Å². The molecular formula is C9H20Cl2N2OS. The number of fused-ring (bicyclic) bond motifs is 1. The van der Waals surface area contributed by atoms with E-state index in [4.69, 9.17) is 5.11 Å². The van der Waals surface area contributed by atoms with Gasteiger partial charge in [0, 0.05) is 37.0 Å². The quantitative estimate of drug-likeness (QED) is 0.483. The smallest absolute Gasteiger partial charge is 0.0585 e. The van der Waals surface area contributed by atoms with Gasteiger partial charge in [0.05, 0.1) is 6.61 Å². The highest BCUT2D eigenvalue weighted by Crippen LogP contribution is 2.30. The number of rotatable bonds is 1. The van der Waals surface area contributed by atoms with Gasteiger partial charge in [-0.15, -0.1) is 24.8 Å². The highest BCUT2D eigenvalue weighted by Gasteiger charge is 2.41. The minimum absolute atomic E-state index is 0. The van der Waals surface area contributed by atoms with Crippen molar-refractivity contribution in [2.45, 2.75) is 30.2 Å². The number of nitrogens with zero attached hydrogens (tertiary/aromatic N) is 1. The Hall–Kier alpha value is 0.810. The van der Waals surface area contributed by atoms with E-state index in [2.05, 4.69) is 22.8 Å². The maximum Gasteiger partial charge on any atom is 0.0585 e. The molecule has 0 aliphatic carbocycles. The summed E-state index contributed by atoms with van der Waals surface area (Å²) in [5.41, 5.74) is 0. The summed E-state index contributed by atoms with van der Waals surface area (Å²) in [5, 5.41) is 12.2. The third-order valence-electron chi connectivity index (χ3n) is 3.00. The molecule has 0 bridgehead atoms. The number of thiol groups is 1. The molecule has 6 heteroatoms. The summed E-state index contributed by atoms with van der Waals surface area (Å²) in [7, 11) is 0. The fourth-order valence-corrected chi connectivity index (χ4v) is 2.20. The molecule has 4 atom stereocenters. The van der Waals surface area contributed by atoms with Crippen LogP contribution in [0.25, 0.3) is 0 Å². The Morgan fingerprint density at radius 1 is 1.40 bits per heavy atom. The molecule has 15 heavy (non-hydrogen) atoms. The fourth-order valence-electron chi connectivity index (χ4n) is 1.84. The average molecular weight is 275 g/mol. The van der Waals surface area contributed by atoms with Crippen LogP contribution in [0.4, 0.5) is 0 Å². The van der Waals surface area contributed by atoms with Crippen LogP contribution in [-0.4, -0.2) is 53.6 Å². The van der Waals surface area contributed by atoms with Crippen molar-refractivity contribution >= 4 is 37.4 Å². The van der Waals surface area contributed by atoms with Crippen molar-refractivity contribution in [1.82, 2.24) is 10.2 Å². The van der Waals surface area contributed by atoms with Crippen LogP contribution < -0.4 is 5.32 Å². The molecule has 0 aromatic heterocycles. The van der Waals surface area contributed by atoms with Gasteiger partial charge < -0.3 is 10.4 Å². The Bertz CT molecular complexity index is 175. The summed E-state index contributed by atoms with van der Waals surface area (Å²) < 4.78 is 0. The first-order valence-electron chi connectivity index (χ1n) is 5.06. The Labute approximate surface area is 109 Å². The topological polar surface area (TPSA) is 35.3 Å². The molecule has 0 spiro atoms. The van der Waals surface area contributed by atoms with Gasteiger partial charge in [-0.25, -0.2) is 0 Å². The Kier molecular flexibility index (Phi) is 7.59. The van der Waals surface area contributed by atoms with E-state index in [0.717, 1.165) is 19.0 Å². The van der Waals surface area contributed by atoms with E-state index in [9.17, 15) is 0 Å². The van der Waals surface area contributed by atoms with Crippen molar-refractivity contribution in [2.24, 2.45) is 0 Å². The lowest BCUT2D eigenvalue weighted by Crippen LogP contribution is -2.24. The van der Waals surface area contributed by atoms with Gasteiger partial charge in [0.25, 0.3) is 0 Å². The molecular weight excluding hydrogens is 255 g/mol. The summed E-state index contributed by atoms with van der Waals surface area (Å²) in [4.78, 5) is 2.47. The van der Waals surface area contributed by atoms with E-state index < -0.39 is 0 Å². The van der Waals surface area contributed by atoms with Crippen LogP contribution in [0.5, 0.6) is 0 Å². The molecule has 0 saturated carbocycles. The van der Waals surface area contributed by atoms with E-state index in [-0.39, 0.29) is 31.4 Å². The van der Waals surface area contributed by atoms with Crippen molar-refractivity contribution in [1.29, 1.82) is 0 Å². The van der Waals surface area contributed by atoms with Crippen LogP contribution in [0, 0.1) is 0 Å². The Balaban J connectivity index is 0.000000244. The normalized spacial score (nSPS) is 39.6. The van der Waals surface area contributed by atoms with Gasteiger partial charge in [-0.05, 0) is 12.8 Å². The Morgan fingerprint density at radius 3 is 2.20 bits per heavy atom. The SMILES string of the molecule is C1CN2C[C@@H]12.Cl.Cl.OC[C@@H]1C[C@H](S)CN1. The highest BCUT2D eigenvalue weighted by atomic mass is 35.5. The zero-order chi connectivity index (χ0) is 9.26. The molecule has 3 nitrogen and oxygen atoms in total. The lowest BCUT2D eigenvalue weighted by Gasteiger charge is -2.08. The van der Waals surface area contributed by atoms with Gasteiger partial charge in [-0.3, -0.25) is 4.90 Å². The number of aliphatic hydroxyl groups is 1. The van der Waals surface area contributed by atoms with Gasteiger partial charge in [0.2, 0.25) is 0 Å². The monoisotopic (exact) mass is 274 g/mol. The molecule has 0 aromatic carbocycles. The van der Waals surface area contributed by atoms with E-state index in [1.54, 1.807) is 0 Å². The van der Waals surface area contributed by atoms with Crippen LogP contribution in [0.15, 0.2) is 0 Å². The Morgan fingerprint density at radius 2 is 2.07 bits per heavy atom. The standard InChI is InChI=1S/C5H11NOS.C4H7N.2ClH/c7-3-4-1-5(8)2-6-4;1-2-5-3-4(1)5;;/h4-8H,1-3H2;4H,1-3H2;2*1H/t4-,5-;4-,5?;;/m01../s1. The highest BCUT2D eigenvalue weighted by molar-refractivity contribution is 7.81. The molecule has 3 rings (SSSR count). The minimum atomic E-state index is 0. The summed E-state index contributed by atoms with van der Waals surface area (Å²) in [6, 6.07) is 1.37. The van der Waals surface area contributed by atoms with Crippen LogP contribution in [0.2, 0.25) is 0 Å². The molecule has 2 N–H and O–H groups in total. The number of hydrogen-bond acceptors (Lipinski definition) is 4. The lowest BCUT2D eigenvalue weighted by molar-refractivity contribution is 0.255. The third kappa shape index (κ3) is 4.67. The van der Waals surface area contributed by atoms with Crippen molar-refractivity contribution in [3.63, 3.8) is 0 Å². The zero-order valence-corrected chi connectivity index (χ0v) is 11.2. The molecule has 1 unspecified atom stereocenters. The van der Waals surface area contributed by atoms with Crippen molar-refractivity contribution < 1.29 is 5.11 Å². The van der Waals surface area contributed by atoms with Gasteiger partial charge >= 0.3 is 0 Å². The van der Waals surface area contributed by atoms with Crippen molar-refractivity contribution in [2.75, 3.05) is 26.2 Å². The predicted molar refractivity (Wildman–Crippen MR) is 70.7 cm³/mol. The van der Waals surface area contributed by atoms with E-state index >= 15 is 0 Å². The van der Waals surface area contributed by atoms with Crippen molar-refractivity contribution in [3.8, 4) is 0 Å². The largest absolute Gasteiger partial charge is 0.395 e. The summed E-state index contributed by atoms with van der Waals surface area (Å²) >= 11 is 4.23. The first-order valence-corrected chi connectivity index (χ1v) is 5.57. The summed E-state index contributed by atoms with van der Waals surface area (Å²) in [5.74, 6) is 0. The first-order chi connectivity index (χ1) is 6.29. The van der Waals surface area contributed by atoms with Crippen LogP contribution in [0.1, 0.15) is 12.8 Å². The number of halogens is 2. The molecule has 3 fully saturated rings. The maximum absolute atomic E-state index is 8.59. The molecule has 0 radical (unpaired) electrons.